The Hall–Kier alpha value is -1.46. The highest BCUT2D eigenvalue weighted by molar-refractivity contribution is 9.10. The molecule has 1 amide bonds. The third-order valence-electron chi connectivity index (χ3n) is 2.15. The van der Waals surface area contributed by atoms with E-state index in [2.05, 4.69) is 26.2 Å². The molecular weight excluding hydrogens is 322 g/mol. The van der Waals surface area contributed by atoms with Crippen molar-refractivity contribution < 1.29 is 9.18 Å². The Labute approximate surface area is 116 Å². The number of benzene rings is 1. The average Bonchev–Trinajstić information content (AvgIpc) is 2.32. The number of nitrogens with one attached hydrogen (secondary N) is 1. The van der Waals surface area contributed by atoms with Gasteiger partial charge in [0, 0.05) is 4.47 Å². The van der Waals surface area contributed by atoms with Crippen LogP contribution >= 0.6 is 27.5 Å². The number of hydrogen-bond acceptors (Lipinski definition) is 2. The quantitative estimate of drug-likeness (QED) is 0.849. The molecule has 0 aliphatic heterocycles. The summed E-state index contributed by atoms with van der Waals surface area (Å²) < 4.78 is 13.5. The number of amides is 1. The molecule has 2 rings (SSSR count). The minimum Gasteiger partial charge on any atom is -0.306 e. The normalized spacial score (nSPS) is 10.2. The smallest absolute Gasteiger partial charge is 0.258 e. The standard InChI is InChI=1S/C12H7BrClFN2O/c13-8-4-1-3-7(11(8)14)12(18)17-10-6-2-5-9(15)16-10/h1-6H,(H,16,17,18). The van der Waals surface area contributed by atoms with E-state index in [4.69, 9.17) is 11.6 Å². The number of nitrogens with zero attached hydrogens (tertiary/aromatic N) is 1. The molecule has 0 radical (unpaired) electrons. The van der Waals surface area contributed by atoms with E-state index < -0.39 is 11.9 Å². The summed E-state index contributed by atoms with van der Waals surface area (Å²) in [6, 6.07) is 9.13. The Bertz CT molecular complexity index is 606. The van der Waals surface area contributed by atoms with E-state index in [0.717, 1.165) is 0 Å². The lowest BCUT2D eigenvalue weighted by atomic mass is 10.2. The summed E-state index contributed by atoms with van der Waals surface area (Å²) in [6.45, 7) is 0. The number of halogens is 3. The van der Waals surface area contributed by atoms with Gasteiger partial charge in [0.25, 0.3) is 5.91 Å². The molecule has 2 aromatic rings. The molecule has 0 aliphatic rings. The van der Waals surface area contributed by atoms with Crippen LogP contribution in [0.25, 0.3) is 0 Å². The van der Waals surface area contributed by atoms with E-state index in [-0.39, 0.29) is 11.4 Å². The molecule has 1 N–H and O–H groups in total. The zero-order valence-corrected chi connectivity index (χ0v) is 11.3. The van der Waals surface area contributed by atoms with Gasteiger partial charge < -0.3 is 5.32 Å². The van der Waals surface area contributed by atoms with Gasteiger partial charge in [-0.25, -0.2) is 4.98 Å². The lowest BCUT2D eigenvalue weighted by Gasteiger charge is -2.06. The second-order valence-corrected chi connectivity index (χ2v) is 4.63. The van der Waals surface area contributed by atoms with Crippen LogP contribution in [0.3, 0.4) is 0 Å². The molecule has 0 spiro atoms. The molecule has 0 fully saturated rings. The summed E-state index contributed by atoms with van der Waals surface area (Å²) in [5.74, 6) is -0.969. The zero-order chi connectivity index (χ0) is 13.1. The van der Waals surface area contributed by atoms with Gasteiger partial charge in [0.1, 0.15) is 5.82 Å². The fraction of sp³-hybridized carbons (Fsp3) is 0. The van der Waals surface area contributed by atoms with Gasteiger partial charge in [-0.1, -0.05) is 23.7 Å². The van der Waals surface area contributed by atoms with Crippen LogP contribution < -0.4 is 5.32 Å². The maximum Gasteiger partial charge on any atom is 0.258 e. The maximum absolute atomic E-state index is 12.9. The van der Waals surface area contributed by atoms with E-state index in [1.807, 2.05) is 0 Å². The molecule has 3 nitrogen and oxygen atoms in total. The number of carbonyl (C=O) groups is 1. The highest BCUT2D eigenvalue weighted by Gasteiger charge is 2.13. The Kier molecular flexibility index (Phi) is 3.93. The highest BCUT2D eigenvalue weighted by atomic mass is 79.9. The van der Waals surface area contributed by atoms with Crippen molar-refractivity contribution in [3.05, 3.63) is 57.4 Å². The fourth-order valence-electron chi connectivity index (χ4n) is 1.34. The third kappa shape index (κ3) is 2.86. The molecule has 1 aromatic heterocycles. The van der Waals surface area contributed by atoms with Crippen LogP contribution in [0.1, 0.15) is 10.4 Å². The van der Waals surface area contributed by atoms with Crippen molar-refractivity contribution in [1.82, 2.24) is 4.98 Å². The second-order valence-electron chi connectivity index (χ2n) is 3.40. The number of hydrogen-bond donors (Lipinski definition) is 1. The van der Waals surface area contributed by atoms with Crippen LogP contribution in [0.15, 0.2) is 40.9 Å². The van der Waals surface area contributed by atoms with Gasteiger partial charge in [0.2, 0.25) is 5.95 Å². The molecule has 0 bridgehead atoms. The lowest BCUT2D eigenvalue weighted by molar-refractivity contribution is 0.102. The van der Waals surface area contributed by atoms with Gasteiger partial charge >= 0.3 is 0 Å². The monoisotopic (exact) mass is 328 g/mol. The number of pyridine rings is 1. The molecule has 18 heavy (non-hydrogen) atoms. The predicted molar refractivity (Wildman–Crippen MR) is 71.3 cm³/mol. The SMILES string of the molecule is O=C(Nc1cccc(F)n1)c1cccc(Br)c1Cl. The van der Waals surface area contributed by atoms with E-state index in [1.54, 1.807) is 18.2 Å². The molecule has 6 heteroatoms. The molecule has 0 aliphatic carbocycles. The highest BCUT2D eigenvalue weighted by Crippen LogP contribution is 2.26. The molecule has 0 saturated heterocycles. The lowest BCUT2D eigenvalue weighted by Crippen LogP contribution is -2.13. The van der Waals surface area contributed by atoms with Crippen molar-refractivity contribution in [2.45, 2.75) is 0 Å². The summed E-state index contributed by atoms with van der Waals surface area (Å²) in [4.78, 5) is 15.5. The minimum absolute atomic E-state index is 0.135. The first kappa shape index (κ1) is 13.0. The van der Waals surface area contributed by atoms with E-state index in [0.29, 0.717) is 9.50 Å². The first-order chi connectivity index (χ1) is 8.58. The van der Waals surface area contributed by atoms with Crippen molar-refractivity contribution in [3.63, 3.8) is 0 Å². The first-order valence-corrected chi connectivity index (χ1v) is 6.13. The van der Waals surface area contributed by atoms with Gasteiger partial charge in [0.05, 0.1) is 10.6 Å². The van der Waals surface area contributed by atoms with Crippen molar-refractivity contribution in [3.8, 4) is 0 Å². The maximum atomic E-state index is 12.9. The summed E-state index contributed by atoms with van der Waals surface area (Å²) in [5, 5.41) is 2.77. The Balaban J connectivity index is 2.25. The summed E-state index contributed by atoms with van der Waals surface area (Å²) in [5.41, 5.74) is 0.289. The Morgan fingerprint density at radius 1 is 1.28 bits per heavy atom. The number of carbonyl (C=O) groups excluding carboxylic acids is 1. The van der Waals surface area contributed by atoms with Crippen molar-refractivity contribution in [2.24, 2.45) is 0 Å². The number of anilines is 1. The van der Waals surface area contributed by atoms with Gasteiger partial charge in [0.15, 0.2) is 0 Å². The largest absolute Gasteiger partial charge is 0.306 e. The fourth-order valence-corrected chi connectivity index (χ4v) is 1.92. The van der Waals surface area contributed by atoms with Crippen molar-refractivity contribution in [1.29, 1.82) is 0 Å². The summed E-state index contributed by atoms with van der Waals surface area (Å²) >= 11 is 9.21. The van der Waals surface area contributed by atoms with Crippen molar-refractivity contribution in [2.75, 3.05) is 5.32 Å². The van der Waals surface area contributed by atoms with E-state index >= 15 is 0 Å². The van der Waals surface area contributed by atoms with Crippen LogP contribution in [0.2, 0.25) is 5.02 Å². The van der Waals surface area contributed by atoms with Crippen LogP contribution in [0.4, 0.5) is 10.2 Å². The van der Waals surface area contributed by atoms with E-state index in [9.17, 15) is 9.18 Å². The van der Waals surface area contributed by atoms with E-state index in [1.165, 1.54) is 18.2 Å². The van der Waals surface area contributed by atoms with Crippen LogP contribution in [0.5, 0.6) is 0 Å². The molecule has 92 valence electrons. The van der Waals surface area contributed by atoms with Crippen LogP contribution in [0, 0.1) is 5.95 Å². The predicted octanol–water partition coefficient (Wildman–Crippen LogP) is 3.89. The van der Waals surface area contributed by atoms with Gasteiger partial charge in [-0.3, -0.25) is 4.79 Å². The number of rotatable bonds is 2. The van der Waals surface area contributed by atoms with Crippen LogP contribution in [-0.2, 0) is 0 Å². The molecular formula is C12H7BrClFN2O. The van der Waals surface area contributed by atoms with Crippen molar-refractivity contribution >= 4 is 39.3 Å². The zero-order valence-electron chi connectivity index (χ0n) is 8.95. The average molecular weight is 330 g/mol. The van der Waals surface area contributed by atoms with Gasteiger partial charge in [-0.15, -0.1) is 0 Å². The molecule has 0 atom stereocenters. The molecule has 0 saturated carbocycles. The number of aromatic nitrogens is 1. The minimum atomic E-state index is -0.659. The first-order valence-electron chi connectivity index (χ1n) is 4.96. The molecule has 1 heterocycles. The van der Waals surface area contributed by atoms with Crippen LogP contribution in [-0.4, -0.2) is 10.9 Å². The van der Waals surface area contributed by atoms with Gasteiger partial charge in [-0.2, -0.15) is 4.39 Å². The Morgan fingerprint density at radius 2 is 2.00 bits per heavy atom. The second kappa shape index (κ2) is 5.46. The molecule has 1 aromatic carbocycles. The topological polar surface area (TPSA) is 42.0 Å². The molecule has 0 unspecified atom stereocenters. The van der Waals surface area contributed by atoms with Gasteiger partial charge in [-0.05, 0) is 40.2 Å². The third-order valence-corrected chi connectivity index (χ3v) is 3.45. The summed E-state index contributed by atoms with van der Waals surface area (Å²) in [7, 11) is 0. The Morgan fingerprint density at radius 3 is 2.72 bits per heavy atom. The summed E-state index contributed by atoms with van der Waals surface area (Å²) in [6.07, 6.45) is 0.